The summed E-state index contributed by atoms with van der Waals surface area (Å²) >= 11 is 1.13. The van der Waals surface area contributed by atoms with E-state index in [0.29, 0.717) is 4.90 Å². The van der Waals surface area contributed by atoms with Crippen molar-refractivity contribution in [2.75, 3.05) is 17.6 Å². The highest BCUT2D eigenvalue weighted by Gasteiger charge is 2.16. The Morgan fingerprint density at radius 3 is 2.20 bits per heavy atom. The first kappa shape index (κ1) is 27.4. The molecule has 0 radical (unpaired) electrons. The van der Waals surface area contributed by atoms with E-state index in [9.17, 15) is 23.6 Å². The van der Waals surface area contributed by atoms with Gasteiger partial charge >= 0.3 is 18.0 Å². The van der Waals surface area contributed by atoms with Gasteiger partial charge in [-0.3, -0.25) is 4.79 Å². The maximum atomic E-state index is 14.1. The Hall–Kier alpha value is -3.86. The van der Waals surface area contributed by atoms with Crippen molar-refractivity contribution in [2.45, 2.75) is 31.3 Å². The molecule has 0 fully saturated rings. The molecule has 4 N–H and O–H groups in total. The van der Waals surface area contributed by atoms with Crippen LogP contribution in [0.3, 0.4) is 0 Å². The summed E-state index contributed by atoms with van der Waals surface area (Å²) < 4.78 is 19.2. The van der Waals surface area contributed by atoms with Crippen molar-refractivity contribution in [3.8, 4) is 0 Å². The molecule has 9 nitrogen and oxygen atoms in total. The summed E-state index contributed by atoms with van der Waals surface area (Å²) in [4.78, 5) is 47.3. The summed E-state index contributed by atoms with van der Waals surface area (Å²) in [5.74, 6) is -3.78. The lowest BCUT2D eigenvalue weighted by Gasteiger charge is -2.19. The Labute approximate surface area is 205 Å². The minimum Gasteiger partial charge on any atom is -0.478 e. The van der Waals surface area contributed by atoms with Crippen LogP contribution in [0, 0.1) is 0 Å². The summed E-state index contributed by atoms with van der Waals surface area (Å²) in [6.45, 7) is 5.11. The van der Waals surface area contributed by atoms with Gasteiger partial charge in [-0.15, -0.1) is 11.8 Å². The highest BCUT2D eigenvalue weighted by molar-refractivity contribution is 7.99. The Morgan fingerprint density at radius 1 is 1.00 bits per heavy atom. The van der Waals surface area contributed by atoms with E-state index in [1.165, 1.54) is 18.2 Å². The van der Waals surface area contributed by atoms with E-state index in [4.69, 9.17) is 14.9 Å². The normalized spacial score (nSPS) is 11.5. The largest absolute Gasteiger partial charge is 0.478 e. The zero-order valence-electron chi connectivity index (χ0n) is 19.3. The molecule has 0 saturated heterocycles. The molecule has 2 aromatic carbocycles. The Morgan fingerprint density at radius 2 is 1.63 bits per heavy atom. The van der Waals surface area contributed by atoms with Crippen molar-refractivity contribution in [3.05, 3.63) is 71.1 Å². The van der Waals surface area contributed by atoms with Gasteiger partial charge in [0.1, 0.15) is 11.4 Å². The minimum atomic E-state index is -1.33. The van der Waals surface area contributed by atoms with Crippen molar-refractivity contribution in [1.29, 1.82) is 0 Å². The lowest BCUT2D eigenvalue weighted by atomic mass is 10.1. The molecule has 0 aliphatic heterocycles. The maximum absolute atomic E-state index is 14.1. The van der Waals surface area contributed by atoms with Gasteiger partial charge in [-0.2, -0.15) is 0 Å². The van der Waals surface area contributed by atoms with Crippen LogP contribution >= 0.6 is 11.8 Å². The Balaban J connectivity index is 1.99. The van der Waals surface area contributed by atoms with E-state index in [-0.39, 0.29) is 34.7 Å². The molecule has 0 unspecified atom stereocenters. The molecule has 0 heterocycles. The number of carboxylic acids is 2. The summed E-state index contributed by atoms with van der Waals surface area (Å²) in [5, 5.41) is 23.2. The van der Waals surface area contributed by atoms with Crippen LogP contribution in [0.15, 0.2) is 59.3 Å². The molecule has 0 bridgehead atoms. The number of carbonyl (C=O) groups excluding carboxylic acids is 2. The third-order valence-electron chi connectivity index (χ3n) is 4.13. The first-order valence-corrected chi connectivity index (χ1v) is 11.3. The fourth-order valence-corrected chi connectivity index (χ4v) is 3.46. The molecule has 0 spiro atoms. The number of benzene rings is 2. The molecule has 186 valence electrons. The van der Waals surface area contributed by atoms with Crippen LogP contribution in [0.4, 0.5) is 14.9 Å². The van der Waals surface area contributed by atoms with E-state index in [0.717, 1.165) is 30.0 Å². The van der Waals surface area contributed by atoms with Crippen molar-refractivity contribution < 1.29 is 38.5 Å². The number of nitrogens with one attached hydrogen (secondary N) is 2. The lowest BCUT2D eigenvalue weighted by Crippen LogP contribution is -2.32. The molecular formula is C24H25FN2O7S. The van der Waals surface area contributed by atoms with Crippen LogP contribution in [0.1, 0.15) is 51.8 Å². The maximum Gasteiger partial charge on any atom is 0.407 e. The van der Waals surface area contributed by atoms with Gasteiger partial charge < -0.3 is 25.6 Å². The summed E-state index contributed by atoms with van der Waals surface area (Å²) in [6, 6.07) is 9.59. The Bertz CT molecular complexity index is 1130. The minimum absolute atomic E-state index is 0.0109. The van der Waals surface area contributed by atoms with Crippen LogP contribution in [-0.4, -0.2) is 52.1 Å². The molecule has 2 aromatic rings. The third-order valence-corrected chi connectivity index (χ3v) is 5.13. The van der Waals surface area contributed by atoms with Crippen LogP contribution < -0.4 is 10.6 Å². The van der Waals surface area contributed by atoms with E-state index < -0.39 is 35.4 Å². The number of hydrogen-bond acceptors (Lipinski definition) is 6. The smallest absolute Gasteiger partial charge is 0.407 e. The number of aromatic carboxylic acids is 2. The SMILES string of the molecule is CC(C)(C)OC(=O)NCC=C(F)CSc1cccc(C(=O)Nc2cc(C(=O)O)cc(C(=O)O)c2)c1. The van der Waals surface area contributed by atoms with E-state index in [1.54, 1.807) is 32.9 Å². The monoisotopic (exact) mass is 504 g/mol. The van der Waals surface area contributed by atoms with Crippen LogP contribution in [-0.2, 0) is 4.74 Å². The molecule has 2 amide bonds. The quantitative estimate of drug-likeness (QED) is 0.357. The highest BCUT2D eigenvalue weighted by atomic mass is 32.2. The van der Waals surface area contributed by atoms with Gasteiger partial charge in [0.15, 0.2) is 0 Å². The van der Waals surface area contributed by atoms with E-state index in [2.05, 4.69) is 10.6 Å². The molecule has 2 rings (SSSR count). The first-order valence-electron chi connectivity index (χ1n) is 10.3. The van der Waals surface area contributed by atoms with Gasteiger partial charge in [0, 0.05) is 28.4 Å². The molecular weight excluding hydrogens is 479 g/mol. The topological polar surface area (TPSA) is 142 Å². The van der Waals surface area contributed by atoms with Gasteiger partial charge in [-0.25, -0.2) is 18.8 Å². The molecule has 0 saturated carbocycles. The number of anilines is 1. The second-order valence-electron chi connectivity index (χ2n) is 8.21. The molecule has 0 aliphatic carbocycles. The van der Waals surface area contributed by atoms with Gasteiger partial charge in [-0.1, -0.05) is 6.07 Å². The summed E-state index contributed by atoms with van der Waals surface area (Å²) in [7, 11) is 0. The molecule has 0 atom stereocenters. The number of rotatable bonds is 9. The van der Waals surface area contributed by atoms with Crippen LogP contribution in [0.5, 0.6) is 0 Å². The lowest BCUT2D eigenvalue weighted by molar-refractivity contribution is 0.0532. The zero-order chi connectivity index (χ0) is 26.2. The Kier molecular flexibility index (Phi) is 9.41. The standard InChI is InChI=1S/C24H25FN2O7S/c1-24(2,3)34-23(33)26-8-7-17(25)13-35-19-6-4-5-14(12-19)20(28)27-18-10-15(21(29)30)9-16(11-18)22(31)32/h4-7,9-12H,8,13H2,1-3H3,(H,26,33)(H,27,28)(H,29,30)(H,31,32). The number of ether oxygens (including phenoxy) is 1. The first-order chi connectivity index (χ1) is 16.3. The zero-order valence-corrected chi connectivity index (χ0v) is 20.1. The number of carboxylic acid groups (broad SMARTS) is 2. The predicted molar refractivity (Wildman–Crippen MR) is 129 cm³/mol. The second kappa shape index (κ2) is 12.0. The fourth-order valence-electron chi connectivity index (χ4n) is 2.65. The second-order valence-corrected chi connectivity index (χ2v) is 9.26. The fraction of sp³-hybridized carbons (Fsp3) is 0.250. The van der Waals surface area contributed by atoms with Crippen molar-refractivity contribution in [2.24, 2.45) is 0 Å². The number of halogens is 1. The average molecular weight is 505 g/mol. The third kappa shape index (κ3) is 9.49. The highest BCUT2D eigenvalue weighted by Crippen LogP contribution is 2.23. The number of carbonyl (C=O) groups is 4. The number of thioether (sulfide) groups is 1. The molecule has 11 heteroatoms. The van der Waals surface area contributed by atoms with Gasteiger partial charge in [0.2, 0.25) is 0 Å². The molecule has 35 heavy (non-hydrogen) atoms. The van der Waals surface area contributed by atoms with Gasteiger partial charge in [0.05, 0.1) is 11.1 Å². The van der Waals surface area contributed by atoms with Crippen LogP contribution in [0.2, 0.25) is 0 Å². The summed E-state index contributed by atoms with van der Waals surface area (Å²) in [6.07, 6.45) is 0.556. The van der Waals surface area contributed by atoms with Gasteiger partial charge in [-0.05, 0) is 63.2 Å². The molecule has 0 aromatic heterocycles. The molecule has 0 aliphatic rings. The van der Waals surface area contributed by atoms with E-state index >= 15 is 0 Å². The summed E-state index contributed by atoms with van der Waals surface area (Å²) in [5.41, 5.74) is -1.00. The average Bonchev–Trinajstić information content (AvgIpc) is 2.76. The van der Waals surface area contributed by atoms with Crippen LogP contribution in [0.25, 0.3) is 0 Å². The van der Waals surface area contributed by atoms with Gasteiger partial charge in [0.25, 0.3) is 5.91 Å². The number of amides is 2. The van der Waals surface area contributed by atoms with Crippen molar-refractivity contribution in [1.82, 2.24) is 5.32 Å². The number of alkyl carbamates (subject to hydrolysis) is 1. The van der Waals surface area contributed by atoms with Crippen molar-refractivity contribution in [3.63, 3.8) is 0 Å². The van der Waals surface area contributed by atoms with Crippen molar-refractivity contribution >= 4 is 41.4 Å². The number of hydrogen-bond donors (Lipinski definition) is 4. The predicted octanol–water partition coefficient (Wildman–Crippen LogP) is 4.81. The van der Waals surface area contributed by atoms with E-state index in [1.807, 2.05) is 0 Å².